The Morgan fingerprint density at radius 1 is 1.05 bits per heavy atom. The van der Waals surface area contributed by atoms with Crippen LogP contribution in [-0.4, -0.2) is 20.6 Å². The van der Waals surface area contributed by atoms with Gasteiger partial charge in [-0.05, 0) is 31.2 Å². The van der Waals surface area contributed by atoms with Crippen LogP contribution < -0.4 is 4.31 Å². The molecule has 0 atom stereocenters. The number of nitrogens with zero attached hydrogens (tertiary/aromatic N) is 1. The van der Waals surface area contributed by atoms with Crippen molar-refractivity contribution in [3.05, 3.63) is 54.1 Å². The van der Waals surface area contributed by atoms with Crippen molar-refractivity contribution >= 4 is 15.7 Å². The maximum absolute atomic E-state index is 12.4. The normalized spacial score (nSPS) is 11.3. The number of hydrogen-bond donors (Lipinski definition) is 1. The van der Waals surface area contributed by atoms with Crippen molar-refractivity contribution in [1.29, 1.82) is 0 Å². The first-order valence-electron chi connectivity index (χ1n) is 5.76. The molecule has 0 amide bonds. The molecular weight excluding hydrogens is 262 g/mol. The van der Waals surface area contributed by atoms with Gasteiger partial charge >= 0.3 is 0 Å². The Kier molecular flexibility index (Phi) is 3.48. The molecule has 1 N–H and O–H groups in total. The standard InChI is InChI=1S/C14H15NO3S/c1-11-6-8-12(9-7-11)15(2)19(17,18)14-5-3-4-13(16)10-14/h3-10,16H,1-2H3. The molecule has 0 aromatic heterocycles. The minimum absolute atomic E-state index is 0.0653. The largest absolute Gasteiger partial charge is 0.508 e. The van der Waals surface area contributed by atoms with E-state index in [4.69, 9.17) is 0 Å². The highest BCUT2D eigenvalue weighted by molar-refractivity contribution is 7.92. The maximum Gasteiger partial charge on any atom is 0.264 e. The van der Waals surface area contributed by atoms with Gasteiger partial charge in [0.25, 0.3) is 10.0 Å². The number of hydrogen-bond acceptors (Lipinski definition) is 3. The second-order valence-corrected chi connectivity index (χ2v) is 6.27. The first-order valence-corrected chi connectivity index (χ1v) is 7.20. The average Bonchev–Trinajstić information content (AvgIpc) is 2.39. The Balaban J connectivity index is 2.42. The Morgan fingerprint density at radius 3 is 2.26 bits per heavy atom. The van der Waals surface area contributed by atoms with Crippen molar-refractivity contribution in [2.45, 2.75) is 11.8 Å². The van der Waals surface area contributed by atoms with E-state index in [-0.39, 0.29) is 10.6 Å². The molecule has 5 heteroatoms. The van der Waals surface area contributed by atoms with Crippen molar-refractivity contribution in [3.63, 3.8) is 0 Å². The van der Waals surface area contributed by atoms with Crippen LogP contribution in [0.15, 0.2) is 53.4 Å². The summed E-state index contributed by atoms with van der Waals surface area (Å²) in [5.41, 5.74) is 1.64. The fourth-order valence-electron chi connectivity index (χ4n) is 1.70. The summed E-state index contributed by atoms with van der Waals surface area (Å²) >= 11 is 0. The van der Waals surface area contributed by atoms with Crippen molar-refractivity contribution < 1.29 is 13.5 Å². The summed E-state index contributed by atoms with van der Waals surface area (Å²) in [6, 6.07) is 12.8. The van der Waals surface area contributed by atoms with Crippen LogP contribution >= 0.6 is 0 Å². The topological polar surface area (TPSA) is 57.6 Å². The van der Waals surface area contributed by atoms with Crippen LogP contribution in [0.4, 0.5) is 5.69 Å². The predicted molar refractivity (Wildman–Crippen MR) is 74.9 cm³/mol. The molecule has 0 unspecified atom stereocenters. The van der Waals surface area contributed by atoms with Gasteiger partial charge in [0.1, 0.15) is 5.75 Å². The molecule has 2 rings (SSSR count). The fourth-order valence-corrected chi connectivity index (χ4v) is 2.93. The minimum Gasteiger partial charge on any atom is -0.508 e. The Bertz CT molecular complexity index is 678. The van der Waals surface area contributed by atoms with Gasteiger partial charge in [-0.2, -0.15) is 0 Å². The monoisotopic (exact) mass is 277 g/mol. The summed E-state index contributed by atoms with van der Waals surface area (Å²) in [5, 5.41) is 9.38. The molecule has 0 aliphatic heterocycles. The highest BCUT2D eigenvalue weighted by Crippen LogP contribution is 2.24. The van der Waals surface area contributed by atoms with E-state index in [0.717, 1.165) is 5.56 Å². The summed E-state index contributed by atoms with van der Waals surface area (Å²) in [5.74, 6) is -0.0709. The molecule has 0 saturated carbocycles. The lowest BCUT2D eigenvalue weighted by atomic mass is 10.2. The van der Waals surface area contributed by atoms with Crippen LogP contribution in [0.2, 0.25) is 0 Å². The van der Waals surface area contributed by atoms with Crippen molar-refractivity contribution in [2.24, 2.45) is 0 Å². The minimum atomic E-state index is -3.65. The van der Waals surface area contributed by atoms with E-state index < -0.39 is 10.0 Å². The Hall–Kier alpha value is -2.01. The lowest BCUT2D eigenvalue weighted by molar-refractivity contribution is 0.473. The molecular formula is C14H15NO3S. The van der Waals surface area contributed by atoms with Crippen LogP contribution in [0.1, 0.15) is 5.56 Å². The highest BCUT2D eigenvalue weighted by atomic mass is 32.2. The summed E-state index contributed by atoms with van der Waals surface area (Å²) in [7, 11) is -2.16. The number of anilines is 1. The van der Waals surface area contributed by atoms with Crippen LogP contribution in [-0.2, 0) is 10.0 Å². The molecule has 0 bridgehead atoms. The molecule has 4 nitrogen and oxygen atoms in total. The molecule has 0 aliphatic carbocycles. The summed E-state index contributed by atoms with van der Waals surface area (Å²) in [6.07, 6.45) is 0. The Labute approximate surface area is 113 Å². The van der Waals surface area contributed by atoms with Crippen LogP contribution in [0.25, 0.3) is 0 Å². The van der Waals surface area contributed by atoms with Crippen LogP contribution in [0, 0.1) is 6.92 Å². The predicted octanol–water partition coefficient (Wildman–Crippen LogP) is 2.53. The third kappa shape index (κ3) is 2.71. The number of aromatic hydroxyl groups is 1. The number of phenols is 1. The number of benzene rings is 2. The van der Waals surface area contributed by atoms with E-state index >= 15 is 0 Å². The van der Waals surface area contributed by atoms with Gasteiger partial charge < -0.3 is 5.11 Å². The summed E-state index contributed by atoms with van der Waals surface area (Å²) < 4.78 is 26.0. The van der Waals surface area contributed by atoms with Gasteiger partial charge in [0.05, 0.1) is 10.6 Å². The van der Waals surface area contributed by atoms with Gasteiger partial charge in [0, 0.05) is 13.1 Å². The zero-order valence-corrected chi connectivity index (χ0v) is 11.6. The smallest absolute Gasteiger partial charge is 0.264 e. The van der Waals surface area contributed by atoms with E-state index in [1.165, 1.54) is 35.6 Å². The number of sulfonamides is 1. The first-order chi connectivity index (χ1) is 8.91. The summed E-state index contributed by atoms with van der Waals surface area (Å²) in [4.78, 5) is 0.0653. The second kappa shape index (κ2) is 4.93. The van der Waals surface area contributed by atoms with Gasteiger partial charge in [0.15, 0.2) is 0 Å². The molecule has 0 spiro atoms. The number of phenolic OH excluding ortho intramolecular Hbond substituents is 1. The zero-order valence-electron chi connectivity index (χ0n) is 10.7. The molecule has 0 saturated heterocycles. The molecule has 2 aromatic carbocycles. The molecule has 0 fully saturated rings. The van der Waals surface area contributed by atoms with Gasteiger partial charge in [0.2, 0.25) is 0 Å². The van der Waals surface area contributed by atoms with Crippen molar-refractivity contribution in [3.8, 4) is 5.75 Å². The highest BCUT2D eigenvalue weighted by Gasteiger charge is 2.21. The third-order valence-electron chi connectivity index (χ3n) is 2.87. The van der Waals surface area contributed by atoms with Crippen LogP contribution in [0.3, 0.4) is 0 Å². The van der Waals surface area contributed by atoms with E-state index in [9.17, 15) is 13.5 Å². The SMILES string of the molecule is Cc1ccc(N(C)S(=O)(=O)c2cccc(O)c2)cc1. The molecule has 100 valence electrons. The molecule has 0 heterocycles. The third-order valence-corrected chi connectivity index (χ3v) is 4.66. The van der Waals surface area contributed by atoms with E-state index in [2.05, 4.69) is 0 Å². The molecule has 2 aromatic rings. The molecule has 19 heavy (non-hydrogen) atoms. The lowest BCUT2D eigenvalue weighted by Gasteiger charge is -2.19. The number of aryl methyl sites for hydroxylation is 1. The van der Waals surface area contributed by atoms with Gasteiger partial charge in [-0.3, -0.25) is 4.31 Å². The summed E-state index contributed by atoms with van der Waals surface area (Å²) in [6.45, 7) is 1.94. The van der Waals surface area contributed by atoms with E-state index in [1.54, 1.807) is 12.1 Å². The Morgan fingerprint density at radius 2 is 1.68 bits per heavy atom. The van der Waals surface area contributed by atoms with E-state index in [1.807, 2.05) is 19.1 Å². The fraction of sp³-hybridized carbons (Fsp3) is 0.143. The maximum atomic E-state index is 12.4. The zero-order chi connectivity index (χ0) is 14.0. The average molecular weight is 277 g/mol. The number of rotatable bonds is 3. The first kappa shape index (κ1) is 13.4. The molecule has 0 aliphatic rings. The van der Waals surface area contributed by atoms with Crippen molar-refractivity contribution in [2.75, 3.05) is 11.4 Å². The second-order valence-electron chi connectivity index (χ2n) is 4.31. The molecule has 0 radical (unpaired) electrons. The van der Waals surface area contributed by atoms with Gasteiger partial charge in [-0.25, -0.2) is 8.42 Å². The van der Waals surface area contributed by atoms with Crippen LogP contribution in [0.5, 0.6) is 5.75 Å². The van der Waals surface area contributed by atoms with Crippen molar-refractivity contribution in [1.82, 2.24) is 0 Å². The van der Waals surface area contributed by atoms with E-state index in [0.29, 0.717) is 5.69 Å². The van der Waals surface area contributed by atoms with Gasteiger partial charge in [-0.1, -0.05) is 23.8 Å². The van der Waals surface area contributed by atoms with Gasteiger partial charge in [-0.15, -0.1) is 0 Å². The lowest BCUT2D eigenvalue weighted by Crippen LogP contribution is -2.26. The quantitative estimate of drug-likeness (QED) is 0.938.